The van der Waals surface area contributed by atoms with Crippen LogP contribution in [0.4, 0.5) is 0 Å². The third-order valence-corrected chi connectivity index (χ3v) is 5.05. The van der Waals surface area contributed by atoms with E-state index in [4.69, 9.17) is 34.8 Å². The standard InChI is InChI=1S/C17H16Cl3N/c18-10-21-17-8-6-12(13-3-1-2-4-14(13)17)11-5-7-15(19)16(20)9-11/h1-5,7,9,12,17,21H,6,8,10H2/t12-,17-/m0/s1. The van der Waals surface area contributed by atoms with Crippen LogP contribution in [0.15, 0.2) is 42.5 Å². The van der Waals surface area contributed by atoms with Crippen LogP contribution in [-0.2, 0) is 0 Å². The van der Waals surface area contributed by atoms with Gasteiger partial charge >= 0.3 is 0 Å². The third kappa shape index (κ3) is 3.07. The zero-order chi connectivity index (χ0) is 14.8. The van der Waals surface area contributed by atoms with Crippen molar-refractivity contribution in [3.8, 4) is 0 Å². The van der Waals surface area contributed by atoms with Gasteiger partial charge in [0.1, 0.15) is 0 Å². The zero-order valence-corrected chi connectivity index (χ0v) is 13.7. The molecule has 1 aliphatic carbocycles. The van der Waals surface area contributed by atoms with Crippen LogP contribution in [0.5, 0.6) is 0 Å². The Balaban J connectivity index is 2.00. The van der Waals surface area contributed by atoms with Crippen molar-refractivity contribution in [2.75, 3.05) is 6.00 Å². The lowest BCUT2D eigenvalue weighted by Crippen LogP contribution is -2.26. The van der Waals surface area contributed by atoms with Crippen molar-refractivity contribution in [1.82, 2.24) is 5.32 Å². The van der Waals surface area contributed by atoms with Gasteiger partial charge in [0.25, 0.3) is 0 Å². The molecule has 0 unspecified atom stereocenters. The van der Waals surface area contributed by atoms with E-state index in [9.17, 15) is 0 Å². The number of rotatable bonds is 3. The molecule has 21 heavy (non-hydrogen) atoms. The second-order valence-corrected chi connectivity index (χ2v) is 6.40. The monoisotopic (exact) mass is 339 g/mol. The van der Waals surface area contributed by atoms with E-state index in [1.165, 1.54) is 16.7 Å². The fourth-order valence-corrected chi connectivity index (χ4v) is 3.66. The molecule has 1 aliphatic rings. The van der Waals surface area contributed by atoms with Gasteiger partial charge in [-0.1, -0.05) is 53.5 Å². The Hall–Kier alpha value is -0.730. The Kier molecular flexibility index (Phi) is 4.75. The van der Waals surface area contributed by atoms with Crippen molar-refractivity contribution in [2.24, 2.45) is 0 Å². The average molecular weight is 341 g/mol. The molecular formula is C17H16Cl3N. The predicted molar refractivity (Wildman–Crippen MR) is 90.6 cm³/mol. The van der Waals surface area contributed by atoms with Crippen molar-refractivity contribution in [3.63, 3.8) is 0 Å². The molecule has 0 fully saturated rings. The highest BCUT2D eigenvalue weighted by molar-refractivity contribution is 6.42. The van der Waals surface area contributed by atoms with Crippen LogP contribution in [0.3, 0.4) is 0 Å². The summed E-state index contributed by atoms with van der Waals surface area (Å²) in [4.78, 5) is 0. The number of benzene rings is 2. The summed E-state index contributed by atoms with van der Waals surface area (Å²) in [5, 5.41) is 4.57. The Bertz CT molecular complexity index is 642. The Morgan fingerprint density at radius 2 is 1.71 bits per heavy atom. The lowest BCUT2D eigenvalue weighted by atomic mass is 9.77. The predicted octanol–water partition coefficient (Wildman–Crippen LogP) is 5.75. The van der Waals surface area contributed by atoms with E-state index in [-0.39, 0.29) is 0 Å². The number of alkyl halides is 1. The van der Waals surface area contributed by atoms with Crippen molar-refractivity contribution in [1.29, 1.82) is 0 Å². The Labute approximate surface area is 140 Å². The summed E-state index contributed by atoms with van der Waals surface area (Å²) in [6.07, 6.45) is 2.14. The third-order valence-electron chi connectivity index (χ3n) is 4.16. The van der Waals surface area contributed by atoms with Crippen LogP contribution in [0.1, 0.15) is 41.5 Å². The van der Waals surface area contributed by atoms with Gasteiger partial charge in [-0.25, -0.2) is 0 Å². The Morgan fingerprint density at radius 3 is 2.43 bits per heavy atom. The summed E-state index contributed by atoms with van der Waals surface area (Å²) in [6.45, 7) is 0. The van der Waals surface area contributed by atoms with E-state index in [1.807, 2.05) is 12.1 Å². The van der Waals surface area contributed by atoms with E-state index < -0.39 is 0 Å². The lowest BCUT2D eigenvalue weighted by molar-refractivity contribution is 0.464. The molecule has 2 aromatic rings. The molecule has 0 saturated heterocycles. The van der Waals surface area contributed by atoms with Crippen molar-refractivity contribution in [2.45, 2.75) is 24.8 Å². The molecule has 2 aromatic carbocycles. The topological polar surface area (TPSA) is 12.0 Å². The first kappa shape index (κ1) is 15.2. The zero-order valence-electron chi connectivity index (χ0n) is 11.5. The molecule has 0 heterocycles. The number of hydrogen-bond donors (Lipinski definition) is 1. The number of nitrogens with one attached hydrogen (secondary N) is 1. The summed E-state index contributed by atoms with van der Waals surface area (Å²) in [5.74, 6) is 0.365. The molecule has 1 N–H and O–H groups in total. The quantitative estimate of drug-likeness (QED) is 0.554. The number of halogens is 3. The van der Waals surface area contributed by atoms with Crippen LogP contribution in [-0.4, -0.2) is 6.00 Å². The van der Waals surface area contributed by atoms with E-state index >= 15 is 0 Å². The van der Waals surface area contributed by atoms with Gasteiger partial charge in [-0.05, 0) is 41.7 Å². The fourth-order valence-electron chi connectivity index (χ4n) is 3.17. The van der Waals surface area contributed by atoms with Gasteiger partial charge in [-0.3, -0.25) is 5.32 Å². The highest BCUT2D eigenvalue weighted by Crippen LogP contribution is 2.42. The molecule has 0 spiro atoms. The number of hydrogen-bond acceptors (Lipinski definition) is 1. The molecule has 0 amide bonds. The van der Waals surface area contributed by atoms with Crippen LogP contribution in [0, 0.1) is 0 Å². The average Bonchev–Trinajstić information content (AvgIpc) is 2.51. The lowest BCUT2D eigenvalue weighted by Gasteiger charge is -2.32. The Morgan fingerprint density at radius 1 is 0.952 bits per heavy atom. The molecule has 1 nitrogen and oxygen atoms in total. The maximum Gasteiger partial charge on any atom is 0.0718 e. The van der Waals surface area contributed by atoms with Crippen LogP contribution in [0.2, 0.25) is 10.0 Å². The van der Waals surface area contributed by atoms with E-state index in [2.05, 4.69) is 35.6 Å². The minimum Gasteiger partial charge on any atom is -0.297 e. The summed E-state index contributed by atoms with van der Waals surface area (Å²) in [7, 11) is 0. The fraction of sp³-hybridized carbons (Fsp3) is 0.294. The minimum absolute atomic E-state index is 0.331. The molecule has 110 valence electrons. The molecule has 0 saturated carbocycles. The van der Waals surface area contributed by atoms with Crippen LogP contribution < -0.4 is 5.32 Å². The molecule has 0 aromatic heterocycles. The van der Waals surface area contributed by atoms with Gasteiger partial charge in [0.2, 0.25) is 0 Å². The normalized spacial score (nSPS) is 21.1. The van der Waals surface area contributed by atoms with Crippen LogP contribution >= 0.6 is 34.8 Å². The van der Waals surface area contributed by atoms with E-state index in [0.717, 1.165) is 12.8 Å². The van der Waals surface area contributed by atoms with E-state index in [0.29, 0.717) is 28.0 Å². The van der Waals surface area contributed by atoms with Gasteiger partial charge in [-0.2, -0.15) is 0 Å². The summed E-state index contributed by atoms with van der Waals surface area (Å²) in [5.41, 5.74) is 3.91. The molecular weight excluding hydrogens is 325 g/mol. The second kappa shape index (κ2) is 6.58. The maximum absolute atomic E-state index is 6.18. The first-order chi connectivity index (χ1) is 10.2. The number of fused-ring (bicyclic) bond motifs is 1. The molecule has 0 radical (unpaired) electrons. The van der Waals surface area contributed by atoms with E-state index in [1.54, 1.807) is 0 Å². The first-order valence-corrected chi connectivity index (χ1v) is 8.33. The minimum atomic E-state index is 0.331. The molecule has 2 atom stereocenters. The highest BCUT2D eigenvalue weighted by atomic mass is 35.5. The van der Waals surface area contributed by atoms with Gasteiger partial charge < -0.3 is 0 Å². The van der Waals surface area contributed by atoms with Crippen molar-refractivity contribution >= 4 is 34.8 Å². The molecule has 4 heteroatoms. The summed E-state index contributed by atoms with van der Waals surface area (Å²) in [6, 6.07) is 15.3. The highest BCUT2D eigenvalue weighted by Gasteiger charge is 2.27. The maximum atomic E-state index is 6.18. The first-order valence-electron chi connectivity index (χ1n) is 7.04. The molecule has 0 aliphatic heterocycles. The molecule has 0 bridgehead atoms. The summed E-state index contributed by atoms with van der Waals surface area (Å²) < 4.78 is 0. The van der Waals surface area contributed by atoms with Crippen molar-refractivity contribution < 1.29 is 0 Å². The smallest absolute Gasteiger partial charge is 0.0718 e. The van der Waals surface area contributed by atoms with Gasteiger partial charge in [-0.15, -0.1) is 11.6 Å². The van der Waals surface area contributed by atoms with Gasteiger partial charge in [0, 0.05) is 12.0 Å². The van der Waals surface area contributed by atoms with Gasteiger partial charge in [0.15, 0.2) is 0 Å². The second-order valence-electron chi connectivity index (χ2n) is 5.32. The van der Waals surface area contributed by atoms with Crippen LogP contribution in [0.25, 0.3) is 0 Å². The van der Waals surface area contributed by atoms with Gasteiger partial charge in [0.05, 0.1) is 16.0 Å². The molecule has 3 rings (SSSR count). The SMILES string of the molecule is ClCN[C@H]1CC[C@@H](c2ccc(Cl)c(Cl)c2)c2ccccc21. The summed E-state index contributed by atoms with van der Waals surface area (Å²) >= 11 is 18.1. The largest absolute Gasteiger partial charge is 0.297 e. The van der Waals surface area contributed by atoms with Crippen molar-refractivity contribution in [3.05, 3.63) is 69.2 Å².